The van der Waals surface area contributed by atoms with Crippen molar-refractivity contribution < 1.29 is 73.6 Å². The monoisotopic (exact) mass is 706 g/mol. The first-order valence-corrected chi connectivity index (χ1v) is 16.2. The van der Waals surface area contributed by atoms with E-state index in [2.05, 4.69) is 6.58 Å². The summed E-state index contributed by atoms with van der Waals surface area (Å²) in [6.45, 7) is 12.1. The summed E-state index contributed by atoms with van der Waals surface area (Å²) < 4.78 is 21.9. The minimum Gasteiger partial charge on any atom is -0.479 e. The second kappa shape index (κ2) is 15.4. The van der Waals surface area contributed by atoms with Gasteiger partial charge in [0.15, 0.2) is 6.10 Å². The highest BCUT2D eigenvalue weighted by atomic mass is 16.8. The molecule has 276 valence electrons. The van der Waals surface area contributed by atoms with Crippen LogP contribution in [-0.4, -0.2) is 107 Å². The summed E-state index contributed by atoms with van der Waals surface area (Å²) in [5.41, 5.74) is -7.98. The third kappa shape index (κ3) is 7.92. The van der Waals surface area contributed by atoms with Crippen LogP contribution in [0.5, 0.6) is 0 Å². The van der Waals surface area contributed by atoms with Crippen molar-refractivity contribution in [2.24, 2.45) is 11.8 Å². The Kier molecular flexibility index (Phi) is 12.4. The summed E-state index contributed by atoms with van der Waals surface area (Å²) in [6.07, 6.45) is -6.49. The highest BCUT2D eigenvalue weighted by Crippen LogP contribution is 2.56. The van der Waals surface area contributed by atoms with Gasteiger partial charge in [0.05, 0.1) is 5.60 Å². The van der Waals surface area contributed by atoms with Gasteiger partial charge in [-0.2, -0.15) is 0 Å². The van der Waals surface area contributed by atoms with Gasteiger partial charge in [-0.05, 0) is 49.3 Å². The largest absolute Gasteiger partial charge is 0.479 e. The van der Waals surface area contributed by atoms with Crippen molar-refractivity contribution in [1.82, 2.24) is 0 Å². The number of rotatable bonds is 17. The number of aliphatic hydroxyl groups is 3. The first kappa shape index (κ1) is 40.3. The zero-order valence-corrected chi connectivity index (χ0v) is 28.6. The number of esters is 2. The van der Waals surface area contributed by atoms with Crippen LogP contribution in [-0.2, 0) is 49.3 Å². The second-order valence-electron chi connectivity index (χ2n) is 13.4. The maximum atomic E-state index is 13.1. The summed E-state index contributed by atoms with van der Waals surface area (Å²) in [5, 5.41) is 64.2. The van der Waals surface area contributed by atoms with Gasteiger partial charge in [-0.15, -0.1) is 0 Å². The highest BCUT2D eigenvalue weighted by Gasteiger charge is 2.85. The molecule has 2 fully saturated rings. The molecule has 0 aromatic heterocycles. The van der Waals surface area contributed by atoms with Crippen LogP contribution in [0.2, 0.25) is 0 Å². The Morgan fingerprint density at radius 1 is 1.08 bits per heavy atom. The van der Waals surface area contributed by atoms with Crippen molar-refractivity contribution in [3.05, 3.63) is 60.2 Å². The molecule has 2 heterocycles. The quantitative estimate of drug-likeness (QED) is 0.0771. The number of aliphatic hydroxyl groups excluding tert-OH is 1. The number of hydrogen-bond acceptors (Lipinski definition) is 12. The van der Waals surface area contributed by atoms with Crippen LogP contribution in [0.25, 0.3) is 0 Å². The summed E-state index contributed by atoms with van der Waals surface area (Å²) >= 11 is 0. The van der Waals surface area contributed by atoms with Gasteiger partial charge in [0.2, 0.25) is 23.1 Å². The molecule has 2 saturated heterocycles. The standard InChI is InChI=1S/C35H46O15/c1-7-19(2)18-32(6,45)15-14-24(37)48-27-26(38)33(49-28(29(39)40)34(46,30(41)42)35(27,50-33)31(43)44)16-13-20(3)25(47-22(5)36)21(4)17-23-11-9-8-10-12-23/h8-12,14-15,19,21,25-28,38,45-46H,3,7,13,16-18H2,1-2,4-6H3,(H,39,40)(H,41,42)(H,43,44). The van der Waals surface area contributed by atoms with E-state index >= 15 is 0 Å². The molecule has 0 spiro atoms. The summed E-state index contributed by atoms with van der Waals surface area (Å²) in [4.78, 5) is 63.0. The molecule has 15 heteroatoms. The molecule has 15 nitrogen and oxygen atoms in total. The Balaban J connectivity index is 2.03. The Hall–Kier alpha value is -4.15. The van der Waals surface area contributed by atoms with E-state index in [1.165, 1.54) is 13.8 Å². The number of hydrogen-bond donors (Lipinski definition) is 6. The van der Waals surface area contributed by atoms with Gasteiger partial charge in [0.1, 0.15) is 12.2 Å². The van der Waals surface area contributed by atoms with Crippen LogP contribution in [0.3, 0.4) is 0 Å². The van der Waals surface area contributed by atoms with Gasteiger partial charge in [-0.3, -0.25) is 4.79 Å². The van der Waals surface area contributed by atoms with E-state index in [1.54, 1.807) is 6.92 Å². The molecule has 1 aromatic carbocycles. The third-order valence-corrected chi connectivity index (χ3v) is 9.29. The van der Waals surface area contributed by atoms with Crippen molar-refractivity contribution in [2.45, 2.75) is 114 Å². The fraction of sp³-hybridized carbons (Fsp3) is 0.571. The summed E-state index contributed by atoms with van der Waals surface area (Å²) in [5.74, 6) is -11.9. The van der Waals surface area contributed by atoms with Crippen molar-refractivity contribution in [3.8, 4) is 0 Å². The number of aliphatic carboxylic acids is 3. The van der Waals surface area contributed by atoms with Crippen LogP contribution in [0, 0.1) is 11.8 Å². The Labute approximate surface area is 289 Å². The summed E-state index contributed by atoms with van der Waals surface area (Å²) in [6, 6.07) is 9.23. The number of benzene rings is 1. The first-order chi connectivity index (χ1) is 23.2. The molecule has 0 saturated carbocycles. The summed E-state index contributed by atoms with van der Waals surface area (Å²) in [7, 11) is 0. The average molecular weight is 707 g/mol. The molecule has 3 rings (SSSR count). The number of carboxylic acids is 3. The molecule has 0 radical (unpaired) electrons. The molecule has 10 unspecified atom stereocenters. The number of carboxylic acid groups (broad SMARTS) is 3. The van der Waals surface area contributed by atoms with E-state index in [0.717, 1.165) is 17.7 Å². The SMILES string of the molecule is C=C(CCC12OC(C(=O)O)C(O)(C(=O)O)C(C(=O)O)(O1)C(OC(=O)C=CC(C)(O)CC(C)CC)C2O)C(OC(C)=O)C(C)Cc1ccccc1. The van der Waals surface area contributed by atoms with E-state index in [9.17, 15) is 54.6 Å². The van der Waals surface area contributed by atoms with E-state index in [0.29, 0.717) is 12.8 Å². The van der Waals surface area contributed by atoms with E-state index in [-0.39, 0.29) is 30.3 Å². The number of fused-ring (bicyclic) bond motifs is 2. The average Bonchev–Trinajstić information content (AvgIpc) is 3.25. The van der Waals surface area contributed by atoms with Crippen molar-refractivity contribution in [1.29, 1.82) is 0 Å². The van der Waals surface area contributed by atoms with Gasteiger partial charge in [0.25, 0.3) is 0 Å². The Bertz CT molecular complexity index is 1490. The Morgan fingerprint density at radius 3 is 2.22 bits per heavy atom. The van der Waals surface area contributed by atoms with Crippen LogP contribution < -0.4 is 0 Å². The molecular formula is C35H46O15. The van der Waals surface area contributed by atoms with Crippen LogP contribution in [0.15, 0.2) is 54.6 Å². The van der Waals surface area contributed by atoms with E-state index in [1.807, 2.05) is 44.2 Å². The minimum absolute atomic E-state index is 0.0392. The number of carbonyl (C=O) groups is 5. The minimum atomic E-state index is -3.95. The molecule has 1 aromatic rings. The van der Waals surface area contributed by atoms with Gasteiger partial charge in [0, 0.05) is 25.3 Å². The van der Waals surface area contributed by atoms with Gasteiger partial charge >= 0.3 is 29.8 Å². The lowest BCUT2D eigenvalue weighted by molar-refractivity contribution is -0.374. The molecule has 2 aliphatic heterocycles. The predicted octanol–water partition coefficient (Wildman–Crippen LogP) is 2.00. The van der Waals surface area contributed by atoms with Gasteiger partial charge < -0.3 is 49.6 Å². The van der Waals surface area contributed by atoms with Gasteiger partial charge in [-0.25, -0.2) is 19.2 Å². The lowest BCUT2D eigenvalue weighted by atomic mass is 9.74. The molecular weight excluding hydrogens is 660 g/mol. The fourth-order valence-electron chi connectivity index (χ4n) is 6.63. The van der Waals surface area contributed by atoms with Crippen LogP contribution >= 0.6 is 0 Å². The lowest BCUT2D eigenvalue weighted by Gasteiger charge is -2.48. The molecule has 50 heavy (non-hydrogen) atoms. The third-order valence-electron chi connectivity index (χ3n) is 9.29. The first-order valence-electron chi connectivity index (χ1n) is 16.2. The zero-order valence-electron chi connectivity index (χ0n) is 28.6. The van der Waals surface area contributed by atoms with Crippen molar-refractivity contribution >= 4 is 29.8 Å². The van der Waals surface area contributed by atoms with Crippen molar-refractivity contribution in [3.63, 3.8) is 0 Å². The van der Waals surface area contributed by atoms with E-state index < -0.39 is 83.3 Å². The lowest BCUT2D eigenvalue weighted by Crippen LogP contribution is -2.78. The van der Waals surface area contributed by atoms with Crippen molar-refractivity contribution in [2.75, 3.05) is 0 Å². The zero-order chi connectivity index (χ0) is 37.8. The number of ether oxygens (including phenoxy) is 4. The maximum Gasteiger partial charge on any atom is 0.344 e. The molecule has 2 bridgehead atoms. The highest BCUT2D eigenvalue weighted by molar-refractivity contribution is 5.98. The molecule has 10 atom stereocenters. The smallest absolute Gasteiger partial charge is 0.344 e. The normalized spacial score (nSPS) is 30.4. The maximum absolute atomic E-state index is 13.1. The molecule has 0 amide bonds. The topological polar surface area (TPSA) is 244 Å². The Morgan fingerprint density at radius 2 is 1.70 bits per heavy atom. The van der Waals surface area contributed by atoms with E-state index in [4.69, 9.17) is 18.9 Å². The molecule has 2 aliphatic rings. The van der Waals surface area contributed by atoms with Gasteiger partial charge in [-0.1, -0.05) is 64.1 Å². The fourth-order valence-corrected chi connectivity index (χ4v) is 6.63. The number of carbonyl (C=O) groups excluding carboxylic acids is 2. The van der Waals surface area contributed by atoms with Crippen LogP contribution in [0.1, 0.15) is 65.9 Å². The molecule has 0 aliphatic carbocycles. The van der Waals surface area contributed by atoms with Crippen LogP contribution in [0.4, 0.5) is 0 Å². The second-order valence-corrected chi connectivity index (χ2v) is 13.4. The predicted molar refractivity (Wildman–Crippen MR) is 172 cm³/mol. The molecule has 6 N–H and O–H groups in total.